The Morgan fingerprint density at radius 3 is 2.47 bits per heavy atom. The molecule has 1 aliphatic rings. The predicted molar refractivity (Wildman–Crippen MR) is 75.7 cm³/mol. The van der Waals surface area contributed by atoms with Crippen LogP contribution in [-0.4, -0.2) is 26.0 Å². The van der Waals surface area contributed by atoms with Crippen LogP contribution in [0.3, 0.4) is 0 Å². The van der Waals surface area contributed by atoms with Crippen LogP contribution in [0.4, 0.5) is 0 Å². The lowest BCUT2D eigenvalue weighted by molar-refractivity contribution is 0.0281. The molecule has 1 aromatic rings. The zero-order valence-electron chi connectivity index (χ0n) is 12.2. The van der Waals surface area contributed by atoms with E-state index in [0.29, 0.717) is 0 Å². The minimum Gasteiger partial charge on any atom is -0.390 e. The first kappa shape index (κ1) is 14.3. The summed E-state index contributed by atoms with van der Waals surface area (Å²) < 4.78 is 1.78. The molecule has 4 heteroatoms. The maximum Gasteiger partial charge on any atom is 0.137 e. The van der Waals surface area contributed by atoms with Gasteiger partial charge in [0.15, 0.2) is 0 Å². The van der Waals surface area contributed by atoms with Crippen molar-refractivity contribution in [1.82, 2.24) is 14.8 Å². The van der Waals surface area contributed by atoms with Gasteiger partial charge in [0.1, 0.15) is 12.7 Å². The number of aliphatic hydroxyl groups is 1. The first-order chi connectivity index (χ1) is 8.98. The number of allylic oxidation sites excluding steroid dienone is 1. The number of hydrogen-bond donors (Lipinski definition) is 1. The van der Waals surface area contributed by atoms with Crippen molar-refractivity contribution in [2.75, 3.05) is 0 Å². The van der Waals surface area contributed by atoms with E-state index in [1.54, 1.807) is 11.0 Å². The number of nitrogens with zero attached hydrogens (tertiary/aromatic N) is 3. The fraction of sp³-hybridized carbons (Fsp3) is 0.733. The van der Waals surface area contributed by atoms with Crippen molar-refractivity contribution in [3.8, 4) is 0 Å². The SMILES string of the molecule is CC(C)(C)C(O)C(C=C1CCCCC1)n1cncn1. The second kappa shape index (κ2) is 5.87. The molecule has 1 aliphatic carbocycles. The van der Waals surface area contributed by atoms with Crippen LogP contribution in [-0.2, 0) is 0 Å². The van der Waals surface area contributed by atoms with E-state index in [1.807, 2.05) is 0 Å². The van der Waals surface area contributed by atoms with Crippen molar-refractivity contribution in [3.63, 3.8) is 0 Å². The molecule has 1 heterocycles. The van der Waals surface area contributed by atoms with Crippen molar-refractivity contribution in [2.24, 2.45) is 5.41 Å². The van der Waals surface area contributed by atoms with E-state index in [2.05, 4.69) is 36.9 Å². The summed E-state index contributed by atoms with van der Waals surface area (Å²) in [7, 11) is 0. The molecule has 2 atom stereocenters. The molecule has 1 N–H and O–H groups in total. The largest absolute Gasteiger partial charge is 0.390 e. The summed E-state index contributed by atoms with van der Waals surface area (Å²) >= 11 is 0. The van der Waals surface area contributed by atoms with Gasteiger partial charge in [0.05, 0.1) is 12.1 Å². The second-order valence-electron chi connectivity index (χ2n) is 6.56. The van der Waals surface area contributed by atoms with Gasteiger partial charge in [-0.25, -0.2) is 9.67 Å². The molecule has 0 bridgehead atoms. The van der Waals surface area contributed by atoms with Crippen LogP contribution in [0.5, 0.6) is 0 Å². The van der Waals surface area contributed by atoms with Crippen LogP contribution >= 0.6 is 0 Å². The fourth-order valence-electron chi connectivity index (χ4n) is 2.61. The zero-order chi connectivity index (χ0) is 13.9. The van der Waals surface area contributed by atoms with E-state index in [9.17, 15) is 5.11 Å². The smallest absolute Gasteiger partial charge is 0.137 e. The lowest BCUT2D eigenvalue weighted by Gasteiger charge is -2.32. The minimum atomic E-state index is -0.469. The maximum atomic E-state index is 10.6. The summed E-state index contributed by atoms with van der Waals surface area (Å²) in [6.07, 6.45) is 11.1. The highest BCUT2D eigenvalue weighted by Crippen LogP contribution is 2.32. The Morgan fingerprint density at radius 2 is 1.95 bits per heavy atom. The van der Waals surface area contributed by atoms with Gasteiger partial charge in [-0.2, -0.15) is 5.10 Å². The number of rotatable bonds is 3. The van der Waals surface area contributed by atoms with E-state index in [0.717, 1.165) is 12.8 Å². The Kier molecular flexibility index (Phi) is 4.40. The molecule has 0 aromatic carbocycles. The average molecular weight is 263 g/mol. The first-order valence-electron chi connectivity index (χ1n) is 7.20. The summed E-state index contributed by atoms with van der Waals surface area (Å²) in [6.45, 7) is 6.17. The van der Waals surface area contributed by atoms with Crippen molar-refractivity contribution < 1.29 is 5.11 Å². The highest BCUT2D eigenvalue weighted by molar-refractivity contribution is 5.10. The van der Waals surface area contributed by atoms with E-state index in [4.69, 9.17) is 0 Å². The Labute approximate surface area is 115 Å². The van der Waals surface area contributed by atoms with Crippen LogP contribution in [0.1, 0.15) is 58.9 Å². The quantitative estimate of drug-likeness (QED) is 0.852. The molecule has 0 saturated heterocycles. The Bertz CT molecular complexity index is 409. The molecule has 0 radical (unpaired) electrons. The van der Waals surface area contributed by atoms with Gasteiger partial charge in [-0.1, -0.05) is 38.8 Å². The van der Waals surface area contributed by atoms with Crippen LogP contribution < -0.4 is 0 Å². The van der Waals surface area contributed by atoms with Gasteiger partial charge in [0, 0.05) is 0 Å². The third-order valence-electron chi connectivity index (χ3n) is 3.86. The Morgan fingerprint density at radius 1 is 1.26 bits per heavy atom. The molecule has 2 unspecified atom stereocenters. The van der Waals surface area contributed by atoms with Crippen LogP contribution in [0.15, 0.2) is 24.3 Å². The molecule has 19 heavy (non-hydrogen) atoms. The van der Waals surface area contributed by atoms with E-state index in [-0.39, 0.29) is 11.5 Å². The summed E-state index contributed by atoms with van der Waals surface area (Å²) in [6, 6.07) is -0.115. The van der Waals surface area contributed by atoms with Gasteiger partial charge < -0.3 is 5.11 Å². The molecule has 1 aromatic heterocycles. The minimum absolute atomic E-state index is 0.115. The highest BCUT2D eigenvalue weighted by atomic mass is 16.3. The van der Waals surface area contributed by atoms with Gasteiger partial charge in [-0.05, 0) is 31.1 Å². The molecule has 1 fully saturated rings. The third kappa shape index (κ3) is 3.66. The summed E-state index contributed by atoms with van der Waals surface area (Å²) in [4.78, 5) is 4.01. The number of aromatic nitrogens is 3. The van der Waals surface area contributed by atoms with Crippen molar-refractivity contribution >= 4 is 0 Å². The standard InChI is InChI=1S/C15H25N3O/c1-15(2,3)14(19)13(18-11-16-10-17-18)9-12-7-5-4-6-8-12/h9-11,13-14,19H,4-8H2,1-3H3. The number of hydrogen-bond acceptors (Lipinski definition) is 3. The maximum absolute atomic E-state index is 10.6. The van der Waals surface area contributed by atoms with Crippen LogP contribution in [0.2, 0.25) is 0 Å². The number of aliphatic hydroxyl groups excluding tert-OH is 1. The fourth-order valence-corrected chi connectivity index (χ4v) is 2.61. The van der Waals surface area contributed by atoms with Crippen molar-refractivity contribution in [1.29, 1.82) is 0 Å². The lowest BCUT2D eigenvalue weighted by atomic mass is 9.83. The molecule has 2 rings (SSSR count). The Hall–Kier alpha value is -1.16. The molecule has 106 valence electrons. The normalized spacial score (nSPS) is 20.1. The Balaban J connectivity index is 2.24. The van der Waals surface area contributed by atoms with Crippen molar-refractivity contribution in [2.45, 2.75) is 65.0 Å². The van der Waals surface area contributed by atoms with Crippen LogP contribution in [0, 0.1) is 5.41 Å². The van der Waals surface area contributed by atoms with E-state index in [1.165, 1.54) is 31.2 Å². The molecule has 0 spiro atoms. The van der Waals surface area contributed by atoms with Gasteiger partial charge in [0.25, 0.3) is 0 Å². The summed E-state index contributed by atoms with van der Waals surface area (Å²) in [5.74, 6) is 0. The predicted octanol–water partition coefficient (Wildman–Crippen LogP) is 3.12. The van der Waals surface area contributed by atoms with E-state index >= 15 is 0 Å². The topological polar surface area (TPSA) is 50.9 Å². The van der Waals surface area contributed by atoms with Gasteiger partial charge in [-0.15, -0.1) is 0 Å². The van der Waals surface area contributed by atoms with E-state index < -0.39 is 6.10 Å². The molecule has 0 amide bonds. The summed E-state index contributed by atoms with van der Waals surface area (Å²) in [5.41, 5.74) is 1.28. The first-order valence-corrected chi connectivity index (χ1v) is 7.20. The van der Waals surface area contributed by atoms with Gasteiger partial charge in [-0.3, -0.25) is 0 Å². The van der Waals surface area contributed by atoms with Crippen LogP contribution in [0.25, 0.3) is 0 Å². The zero-order valence-corrected chi connectivity index (χ0v) is 12.2. The lowest BCUT2D eigenvalue weighted by Crippen LogP contribution is -2.35. The summed E-state index contributed by atoms with van der Waals surface area (Å²) in [5, 5.41) is 14.8. The molecule has 0 aliphatic heterocycles. The van der Waals surface area contributed by atoms with Gasteiger partial charge >= 0.3 is 0 Å². The van der Waals surface area contributed by atoms with Crippen molar-refractivity contribution in [3.05, 3.63) is 24.3 Å². The highest BCUT2D eigenvalue weighted by Gasteiger charge is 2.31. The second-order valence-corrected chi connectivity index (χ2v) is 6.56. The molecular weight excluding hydrogens is 238 g/mol. The van der Waals surface area contributed by atoms with Gasteiger partial charge in [0.2, 0.25) is 0 Å². The molecular formula is C15H25N3O. The third-order valence-corrected chi connectivity index (χ3v) is 3.86. The average Bonchev–Trinajstić information content (AvgIpc) is 2.89. The molecule has 1 saturated carbocycles. The molecule has 4 nitrogen and oxygen atoms in total. The monoisotopic (exact) mass is 263 g/mol.